The largest absolute Gasteiger partial charge is 0.497 e. The summed E-state index contributed by atoms with van der Waals surface area (Å²) in [6.07, 6.45) is -3.19. The van der Waals surface area contributed by atoms with E-state index in [0.29, 0.717) is 79.0 Å². The van der Waals surface area contributed by atoms with E-state index in [4.69, 9.17) is 20.4 Å². The van der Waals surface area contributed by atoms with Crippen LogP contribution in [-0.4, -0.2) is 126 Å². The Kier molecular flexibility index (Phi) is 19.7. The first-order valence-corrected chi connectivity index (χ1v) is 22.7. The van der Waals surface area contributed by atoms with E-state index in [0.717, 1.165) is 11.3 Å². The summed E-state index contributed by atoms with van der Waals surface area (Å²) in [5.41, 5.74) is 8.73. The minimum atomic E-state index is -5.08. The van der Waals surface area contributed by atoms with Crippen molar-refractivity contribution in [2.24, 2.45) is 11.7 Å². The van der Waals surface area contributed by atoms with Gasteiger partial charge in [0.1, 0.15) is 23.9 Å². The number of carboxylic acids is 1. The van der Waals surface area contributed by atoms with Crippen LogP contribution in [0.2, 0.25) is 0 Å². The fraction of sp³-hybridized carbons (Fsp3) is 0.435. The van der Waals surface area contributed by atoms with Gasteiger partial charge in [0.2, 0.25) is 29.5 Å². The smallest absolute Gasteiger partial charge is 0.490 e. The van der Waals surface area contributed by atoms with Gasteiger partial charge in [-0.15, -0.1) is 0 Å². The Morgan fingerprint density at radius 1 is 0.851 bits per heavy atom. The summed E-state index contributed by atoms with van der Waals surface area (Å²) in [6, 6.07) is 15.9. The predicted octanol–water partition coefficient (Wildman–Crippen LogP) is 3.43. The summed E-state index contributed by atoms with van der Waals surface area (Å²) in [7, 11) is 1.58. The summed E-state index contributed by atoms with van der Waals surface area (Å²) < 4.78 is 36.9. The number of anilines is 1. The van der Waals surface area contributed by atoms with E-state index < -0.39 is 60.6 Å². The maximum Gasteiger partial charge on any atom is 0.490 e. The molecule has 362 valence electrons. The molecule has 1 saturated heterocycles. The van der Waals surface area contributed by atoms with Crippen LogP contribution in [0, 0.1) is 5.92 Å². The number of carboxylic acid groups (broad SMARTS) is 1. The molecule has 0 radical (unpaired) electrons. The van der Waals surface area contributed by atoms with Crippen molar-refractivity contribution in [1.82, 2.24) is 26.2 Å². The van der Waals surface area contributed by atoms with Crippen LogP contribution >= 0.6 is 11.8 Å². The van der Waals surface area contributed by atoms with E-state index in [-0.39, 0.29) is 35.1 Å². The van der Waals surface area contributed by atoms with E-state index >= 15 is 0 Å². The minimum absolute atomic E-state index is 0.0233. The number of fused-ring (bicyclic) bond motifs is 2. The zero-order valence-electron chi connectivity index (χ0n) is 37.5. The summed E-state index contributed by atoms with van der Waals surface area (Å²) >= 11 is 1.43. The number of carbonyl (C=O) groups excluding carboxylic acids is 7. The third-order valence-corrected chi connectivity index (χ3v) is 11.6. The van der Waals surface area contributed by atoms with Gasteiger partial charge in [-0.3, -0.25) is 33.6 Å². The number of rotatable bonds is 20. The van der Waals surface area contributed by atoms with Crippen LogP contribution in [0.4, 0.5) is 18.9 Å². The number of nitrogens with two attached hydrogens (primary N) is 1. The van der Waals surface area contributed by atoms with Crippen LogP contribution in [0.15, 0.2) is 66.7 Å². The Balaban J connectivity index is 0.00000129. The second-order valence-corrected chi connectivity index (χ2v) is 17.2. The van der Waals surface area contributed by atoms with Crippen LogP contribution < -0.4 is 37.1 Å². The lowest BCUT2D eigenvalue weighted by Crippen LogP contribution is -2.56. The SMILES string of the molecule is COc1ccc(CSC[C@H](NC(=O)[C@H](C)N)C(=O)NCC(=O)N[C@@H](CC(C)C)C(=O)N2CCC[C@H]2C(=O)NCCCNc2cccc3c2C(=O)c2ccccc2C3=O)cc1.O=C(O)C(F)(F)F. The molecule has 3 aromatic rings. The van der Waals surface area contributed by atoms with Crippen molar-refractivity contribution < 1.29 is 61.4 Å². The Morgan fingerprint density at radius 3 is 2.10 bits per heavy atom. The maximum atomic E-state index is 13.9. The molecule has 2 aliphatic rings. The van der Waals surface area contributed by atoms with Crippen LogP contribution in [0.3, 0.4) is 0 Å². The van der Waals surface area contributed by atoms with Crippen molar-refractivity contribution in [2.45, 2.75) is 82.6 Å². The van der Waals surface area contributed by atoms with E-state index in [9.17, 15) is 46.7 Å². The number of alkyl halides is 3. The number of amides is 5. The average molecular weight is 956 g/mol. The van der Waals surface area contributed by atoms with Crippen molar-refractivity contribution in [3.63, 3.8) is 0 Å². The topological polar surface area (TPSA) is 255 Å². The van der Waals surface area contributed by atoms with E-state index in [1.54, 1.807) is 49.6 Å². The van der Waals surface area contributed by atoms with Crippen LogP contribution in [0.25, 0.3) is 0 Å². The molecule has 0 aromatic heterocycles. The molecule has 0 saturated carbocycles. The highest BCUT2D eigenvalue weighted by molar-refractivity contribution is 7.98. The number of ketones is 2. The van der Waals surface area contributed by atoms with E-state index in [2.05, 4.69) is 26.6 Å². The minimum Gasteiger partial charge on any atom is -0.497 e. The van der Waals surface area contributed by atoms with Crippen molar-refractivity contribution >= 4 is 64.5 Å². The zero-order chi connectivity index (χ0) is 49.4. The first-order valence-electron chi connectivity index (χ1n) is 21.5. The average Bonchev–Trinajstić information content (AvgIpc) is 3.79. The molecule has 1 aliphatic carbocycles. The number of ether oxygens (including phenoxy) is 1. The molecule has 1 fully saturated rings. The fourth-order valence-electron chi connectivity index (χ4n) is 7.17. The van der Waals surface area contributed by atoms with Gasteiger partial charge in [-0.25, -0.2) is 4.79 Å². The lowest BCUT2D eigenvalue weighted by Gasteiger charge is -2.29. The lowest BCUT2D eigenvalue weighted by molar-refractivity contribution is -0.192. The van der Waals surface area contributed by atoms with Gasteiger partial charge in [0, 0.05) is 53.5 Å². The molecule has 0 bridgehead atoms. The highest BCUT2D eigenvalue weighted by Crippen LogP contribution is 2.32. The molecule has 8 N–H and O–H groups in total. The highest BCUT2D eigenvalue weighted by Gasteiger charge is 2.39. The van der Waals surface area contributed by atoms with Gasteiger partial charge >= 0.3 is 12.1 Å². The van der Waals surface area contributed by atoms with Crippen LogP contribution in [-0.2, 0) is 34.5 Å². The van der Waals surface area contributed by atoms with E-state index in [1.807, 2.05) is 38.1 Å². The number of likely N-dealkylation sites (tertiary alicyclic amines) is 1. The molecule has 4 atom stereocenters. The molecule has 3 aromatic carbocycles. The maximum absolute atomic E-state index is 13.9. The number of methoxy groups -OCH3 is 1. The standard InChI is InChI=1S/C44H55N7O8S.C2HF3O2/c1-26(2)22-34(49-37(52)23-48-42(56)35(50-41(55)27(3)45)25-60-24-28-15-17-29(59-4)18-16-28)44(58)51-21-8-14-36(51)43(57)47-20-9-19-46-33-13-7-12-32-38(33)40(54)31-11-6-5-10-30(31)39(32)53;3-2(4,5)1(6)7/h5-7,10-13,15-18,26-27,34-36,46H,8-9,14,19-25,45H2,1-4H3,(H,47,57)(H,48,56)(H,49,52)(H,50,55);(H,6,7)/t27-,34-,35-,36-;/m0./s1. The number of carbonyl (C=O) groups is 8. The van der Waals surface area contributed by atoms with Crippen molar-refractivity contribution in [2.75, 3.05) is 44.4 Å². The molecule has 0 unspecified atom stereocenters. The molecule has 0 spiro atoms. The highest BCUT2D eigenvalue weighted by atomic mass is 32.2. The number of nitrogens with zero attached hydrogens (tertiary/aromatic N) is 1. The molecule has 1 heterocycles. The number of benzene rings is 3. The molecule has 5 rings (SSSR count). The van der Waals surface area contributed by atoms with Gasteiger partial charge in [0.05, 0.1) is 25.3 Å². The van der Waals surface area contributed by atoms with Gasteiger partial charge in [0.25, 0.3) is 0 Å². The Labute approximate surface area is 389 Å². The van der Waals surface area contributed by atoms with Crippen molar-refractivity contribution in [3.8, 4) is 5.75 Å². The second kappa shape index (κ2) is 24.9. The summed E-state index contributed by atoms with van der Waals surface area (Å²) in [5.74, 6) is -4.01. The van der Waals surface area contributed by atoms with Gasteiger partial charge in [-0.05, 0) is 62.3 Å². The van der Waals surface area contributed by atoms with Crippen LogP contribution in [0.1, 0.15) is 83.9 Å². The number of hydrogen-bond donors (Lipinski definition) is 7. The molecule has 5 amide bonds. The molecule has 21 heteroatoms. The predicted molar refractivity (Wildman–Crippen MR) is 243 cm³/mol. The molecule has 17 nitrogen and oxygen atoms in total. The first kappa shape index (κ1) is 53.1. The summed E-state index contributed by atoms with van der Waals surface area (Å²) in [5, 5.41) is 21.3. The number of aliphatic carboxylic acids is 1. The summed E-state index contributed by atoms with van der Waals surface area (Å²) in [6.45, 7) is 5.97. The fourth-order valence-corrected chi connectivity index (χ4v) is 8.18. The number of halogens is 3. The summed E-state index contributed by atoms with van der Waals surface area (Å²) in [4.78, 5) is 103. The molecule has 1 aliphatic heterocycles. The van der Waals surface area contributed by atoms with Crippen molar-refractivity contribution in [3.05, 3.63) is 94.5 Å². The third kappa shape index (κ3) is 15.3. The lowest BCUT2D eigenvalue weighted by atomic mass is 9.83. The zero-order valence-corrected chi connectivity index (χ0v) is 38.3. The second-order valence-electron chi connectivity index (χ2n) is 16.2. The first-order chi connectivity index (χ1) is 31.7. The van der Waals surface area contributed by atoms with Gasteiger partial charge in [-0.1, -0.05) is 62.4 Å². The van der Waals surface area contributed by atoms with Gasteiger partial charge in [0.15, 0.2) is 11.6 Å². The third-order valence-electron chi connectivity index (χ3n) is 10.5. The quantitative estimate of drug-likeness (QED) is 0.0628. The van der Waals surface area contributed by atoms with Gasteiger partial charge in [-0.2, -0.15) is 24.9 Å². The normalized spacial score (nSPS) is 15.4. The van der Waals surface area contributed by atoms with Crippen molar-refractivity contribution in [1.29, 1.82) is 0 Å². The van der Waals surface area contributed by atoms with Gasteiger partial charge < -0.3 is 47.1 Å². The molecule has 67 heavy (non-hydrogen) atoms. The number of nitrogens with one attached hydrogen (secondary N) is 5. The number of thioether (sulfide) groups is 1. The monoisotopic (exact) mass is 955 g/mol. The van der Waals surface area contributed by atoms with E-state index in [1.165, 1.54) is 23.6 Å². The Morgan fingerprint density at radius 2 is 1.49 bits per heavy atom. The number of hydrogen-bond acceptors (Lipinski definition) is 12. The molecular weight excluding hydrogens is 900 g/mol. The molecular formula is C46H56F3N7O10S. The van der Waals surface area contributed by atoms with Crippen LogP contribution in [0.5, 0.6) is 5.75 Å². The Bertz CT molecular complexity index is 2280. The Hall–Kier alpha value is -6.48.